The number of aliphatic carboxylic acids is 1. The third-order valence-corrected chi connectivity index (χ3v) is 6.77. The molecule has 2 aliphatic rings. The highest BCUT2D eigenvalue weighted by molar-refractivity contribution is 5.93. The fraction of sp³-hybridized carbons (Fsp3) is 0.440. The first-order valence-corrected chi connectivity index (χ1v) is 11.2. The lowest BCUT2D eigenvalue weighted by Crippen LogP contribution is -2.47. The van der Waals surface area contributed by atoms with Crippen molar-refractivity contribution in [3.63, 3.8) is 0 Å². The second-order valence-corrected chi connectivity index (χ2v) is 8.90. The molecule has 6 nitrogen and oxygen atoms in total. The zero-order valence-electron chi connectivity index (χ0n) is 18.0. The van der Waals surface area contributed by atoms with Crippen LogP contribution in [0.3, 0.4) is 0 Å². The van der Waals surface area contributed by atoms with Crippen molar-refractivity contribution in [2.24, 2.45) is 0 Å². The third-order valence-electron chi connectivity index (χ3n) is 6.77. The van der Waals surface area contributed by atoms with Crippen molar-refractivity contribution in [2.45, 2.75) is 56.7 Å². The smallest absolute Gasteiger partial charge is 0.312 e. The summed E-state index contributed by atoms with van der Waals surface area (Å²) in [4.78, 5) is 27.7. The molecular formula is C25H29FN2O4. The molecule has 2 heterocycles. The Kier molecular flexibility index (Phi) is 6.74. The van der Waals surface area contributed by atoms with Crippen molar-refractivity contribution in [1.29, 1.82) is 0 Å². The van der Waals surface area contributed by atoms with Gasteiger partial charge >= 0.3 is 5.97 Å². The first kappa shape index (κ1) is 22.3. The molecule has 170 valence electrons. The van der Waals surface area contributed by atoms with Crippen molar-refractivity contribution in [3.05, 3.63) is 65.5 Å². The number of nitrogens with zero attached hydrogens (tertiary/aromatic N) is 2. The minimum atomic E-state index is -1.16. The van der Waals surface area contributed by atoms with Crippen LogP contribution in [0.4, 0.5) is 4.39 Å². The van der Waals surface area contributed by atoms with Gasteiger partial charge in [-0.25, -0.2) is 4.39 Å². The number of fused-ring (bicyclic) bond motifs is 2. The van der Waals surface area contributed by atoms with Crippen LogP contribution < -0.4 is 0 Å². The van der Waals surface area contributed by atoms with Crippen molar-refractivity contribution >= 4 is 11.9 Å². The Bertz CT molecular complexity index is 968. The van der Waals surface area contributed by atoms with Crippen LogP contribution in [-0.2, 0) is 16.1 Å². The molecule has 2 saturated heterocycles. The maximum Gasteiger partial charge on any atom is 0.312 e. The van der Waals surface area contributed by atoms with E-state index >= 15 is 0 Å². The summed E-state index contributed by atoms with van der Waals surface area (Å²) in [5.41, 5.74) is 1.82. The van der Waals surface area contributed by atoms with Crippen molar-refractivity contribution in [3.8, 4) is 5.75 Å². The highest BCUT2D eigenvalue weighted by Crippen LogP contribution is 2.43. The van der Waals surface area contributed by atoms with Gasteiger partial charge < -0.3 is 15.1 Å². The number of carboxylic acids is 1. The second-order valence-electron chi connectivity index (χ2n) is 8.90. The van der Waals surface area contributed by atoms with E-state index in [1.54, 1.807) is 18.2 Å². The molecule has 0 spiro atoms. The van der Waals surface area contributed by atoms with Crippen LogP contribution >= 0.6 is 0 Å². The zero-order valence-corrected chi connectivity index (χ0v) is 18.0. The molecule has 2 atom stereocenters. The standard InChI is InChI=1S/C25H29FN2O4/c26-20-5-1-3-17(11-20)16-27(24(30)15-25(31)32)9-10-28-21-7-8-22(28)13-19(12-21)18-4-2-6-23(29)14-18/h1-6,11,14,19,21-22,29H,7-10,12-13,15-16H2,(H,31,32). The molecule has 2 aliphatic heterocycles. The largest absolute Gasteiger partial charge is 0.508 e. The van der Waals surface area contributed by atoms with Crippen LogP contribution in [-0.4, -0.2) is 57.1 Å². The molecule has 2 fully saturated rings. The molecule has 2 aromatic rings. The van der Waals surface area contributed by atoms with Gasteiger partial charge in [0.1, 0.15) is 18.0 Å². The Morgan fingerprint density at radius 3 is 2.44 bits per heavy atom. The average molecular weight is 441 g/mol. The van der Waals surface area contributed by atoms with Gasteiger partial charge in [-0.3, -0.25) is 14.5 Å². The minimum absolute atomic E-state index is 0.193. The number of carbonyl (C=O) groups is 2. The number of benzene rings is 2. The minimum Gasteiger partial charge on any atom is -0.508 e. The molecule has 0 aliphatic carbocycles. The third kappa shape index (κ3) is 5.27. The highest BCUT2D eigenvalue weighted by atomic mass is 19.1. The van der Waals surface area contributed by atoms with Gasteiger partial charge in [-0.2, -0.15) is 0 Å². The van der Waals surface area contributed by atoms with Gasteiger partial charge in [0.25, 0.3) is 0 Å². The topological polar surface area (TPSA) is 81.1 Å². The number of hydrogen-bond donors (Lipinski definition) is 2. The number of phenolic OH excluding ortho intramolecular Hbond substituents is 1. The fourth-order valence-corrected chi connectivity index (χ4v) is 5.32. The summed E-state index contributed by atoms with van der Waals surface area (Å²) >= 11 is 0. The normalized spacial score (nSPS) is 22.6. The van der Waals surface area contributed by atoms with Crippen LogP contribution in [0.15, 0.2) is 48.5 Å². The summed E-state index contributed by atoms with van der Waals surface area (Å²) in [7, 11) is 0. The summed E-state index contributed by atoms with van der Waals surface area (Å²) < 4.78 is 13.6. The number of amides is 1. The number of carbonyl (C=O) groups excluding carboxylic acids is 1. The van der Waals surface area contributed by atoms with Gasteiger partial charge in [-0.15, -0.1) is 0 Å². The lowest BCUT2D eigenvalue weighted by molar-refractivity contribution is -0.144. The number of phenols is 1. The Morgan fingerprint density at radius 1 is 1.06 bits per heavy atom. The van der Waals surface area contributed by atoms with Gasteiger partial charge in [-0.1, -0.05) is 24.3 Å². The monoisotopic (exact) mass is 440 g/mol. The molecule has 32 heavy (non-hydrogen) atoms. The number of aromatic hydroxyl groups is 1. The Labute approximate surface area is 187 Å². The average Bonchev–Trinajstić information content (AvgIpc) is 2.97. The Morgan fingerprint density at radius 2 is 1.78 bits per heavy atom. The van der Waals surface area contributed by atoms with E-state index in [1.807, 2.05) is 12.1 Å². The maximum atomic E-state index is 13.6. The summed E-state index contributed by atoms with van der Waals surface area (Å²) in [5.74, 6) is -1.29. The summed E-state index contributed by atoms with van der Waals surface area (Å²) in [6, 6.07) is 14.4. The highest BCUT2D eigenvalue weighted by Gasteiger charge is 2.41. The van der Waals surface area contributed by atoms with Gasteiger partial charge in [0.05, 0.1) is 0 Å². The number of hydrogen-bond acceptors (Lipinski definition) is 4. The number of piperidine rings is 1. The molecule has 1 amide bonds. The van der Waals surface area contributed by atoms with E-state index in [2.05, 4.69) is 11.0 Å². The van der Waals surface area contributed by atoms with Gasteiger partial charge in [0.15, 0.2) is 0 Å². The molecule has 7 heteroatoms. The lowest BCUT2D eigenvalue weighted by atomic mass is 9.85. The Balaban J connectivity index is 1.41. The molecule has 2 N–H and O–H groups in total. The van der Waals surface area contributed by atoms with Crippen molar-refractivity contribution in [2.75, 3.05) is 13.1 Å². The first-order valence-electron chi connectivity index (χ1n) is 11.2. The van der Waals surface area contributed by atoms with E-state index in [1.165, 1.54) is 22.6 Å². The number of carboxylic acid groups (broad SMARTS) is 1. The van der Waals surface area contributed by atoms with Gasteiger partial charge in [0.2, 0.25) is 5.91 Å². The van der Waals surface area contributed by atoms with Crippen LogP contribution in [0.1, 0.15) is 49.1 Å². The Hall–Kier alpha value is -2.93. The molecule has 0 aromatic heterocycles. The molecule has 2 aromatic carbocycles. The van der Waals surface area contributed by atoms with Gasteiger partial charge in [0, 0.05) is 31.7 Å². The molecule has 0 saturated carbocycles. The van der Waals surface area contributed by atoms with Crippen molar-refractivity contribution < 1.29 is 24.2 Å². The molecule has 4 rings (SSSR count). The zero-order chi connectivity index (χ0) is 22.7. The number of rotatable bonds is 8. The molecule has 2 unspecified atom stereocenters. The fourth-order valence-electron chi connectivity index (χ4n) is 5.32. The summed E-state index contributed by atoms with van der Waals surface area (Å²) in [6.07, 6.45) is 3.65. The van der Waals surface area contributed by atoms with E-state index in [0.29, 0.717) is 42.4 Å². The lowest BCUT2D eigenvalue weighted by Gasteiger charge is -2.40. The van der Waals surface area contributed by atoms with E-state index in [9.17, 15) is 19.1 Å². The molecular weight excluding hydrogens is 411 g/mol. The molecule has 2 bridgehead atoms. The number of halogens is 1. The molecule has 0 radical (unpaired) electrons. The van der Waals surface area contributed by atoms with Gasteiger partial charge in [-0.05, 0) is 67.0 Å². The predicted molar refractivity (Wildman–Crippen MR) is 118 cm³/mol. The SMILES string of the molecule is O=C(O)CC(=O)N(CCN1C2CCC1CC(c1cccc(O)c1)C2)Cc1cccc(F)c1. The summed E-state index contributed by atoms with van der Waals surface area (Å²) in [6.45, 7) is 1.27. The second kappa shape index (κ2) is 9.69. The van der Waals surface area contributed by atoms with E-state index in [-0.39, 0.29) is 12.4 Å². The maximum absolute atomic E-state index is 13.6. The van der Waals surface area contributed by atoms with E-state index < -0.39 is 18.3 Å². The quantitative estimate of drug-likeness (QED) is 0.611. The summed E-state index contributed by atoms with van der Waals surface area (Å²) in [5, 5.41) is 18.9. The first-order chi connectivity index (χ1) is 15.4. The van der Waals surface area contributed by atoms with Crippen molar-refractivity contribution in [1.82, 2.24) is 9.80 Å². The van der Waals surface area contributed by atoms with E-state index in [0.717, 1.165) is 25.7 Å². The van der Waals surface area contributed by atoms with Crippen LogP contribution in [0.5, 0.6) is 5.75 Å². The van der Waals surface area contributed by atoms with Crippen LogP contribution in [0.2, 0.25) is 0 Å². The predicted octanol–water partition coefficient (Wildman–Crippen LogP) is 3.75. The van der Waals surface area contributed by atoms with E-state index in [4.69, 9.17) is 5.11 Å². The van der Waals surface area contributed by atoms with Crippen LogP contribution in [0, 0.1) is 5.82 Å². The van der Waals surface area contributed by atoms with Crippen LogP contribution in [0.25, 0.3) is 0 Å².